The molecule has 2 aromatic carbocycles. The molecule has 1 N–H and O–H groups in total. The highest BCUT2D eigenvalue weighted by molar-refractivity contribution is 8.18. The molecule has 0 radical (unpaired) electrons. The molecule has 31 heavy (non-hydrogen) atoms. The number of carbonyl (C=O) groups is 3. The minimum absolute atomic E-state index is 0.165. The van der Waals surface area contributed by atoms with Crippen molar-refractivity contribution in [2.75, 3.05) is 25.6 Å². The number of carbonyl (C=O) groups excluding carboxylic acids is 3. The van der Waals surface area contributed by atoms with Gasteiger partial charge < -0.3 is 14.8 Å². The first-order valence-corrected chi connectivity index (χ1v) is 10.7. The van der Waals surface area contributed by atoms with E-state index in [2.05, 4.69) is 5.32 Å². The number of amides is 3. The maximum absolute atomic E-state index is 12.7. The molecule has 0 saturated carbocycles. The zero-order valence-electron chi connectivity index (χ0n) is 16.6. The van der Waals surface area contributed by atoms with Crippen LogP contribution < -0.4 is 14.8 Å². The quantitative estimate of drug-likeness (QED) is 0.556. The fourth-order valence-corrected chi connectivity index (χ4v) is 4.09. The van der Waals surface area contributed by atoms with E-state index in [1.165, 1.54) is 13.2 Å². The molecule has 1 fully saturated rings. The predicted octanol–water partition coefficient (Wildman–Crippen LogP) is 5.08. The van der Waals surface area contributed by atoms with Crippen molar-refractivity contribution in [3.05, 3.63) is 56.9 Å². The highest BCUT2D eigenvalue weighted by Gasteiger charge is 2.36. The standard InChI is InChI=1S/C21H18Cl2N2O5S/c1-3-30-19-14(23)8-12(9-16(19)29-2)10-17-20(27)25(21(28)31-17)11-18(26)24-15-7-5-4-6-13(15)22/h4-10H,3,11H2,1-2H3,(H,24,26)/b17-10+. The minimum atomic E-state index is -0.576. The van der Waals surface area contributed by atoms with Crippen molar-refractivity contribution in [1.29, 1.82) is 0 Å². The number of methoxy groups -OCH3 is 1. The molecule has 0 unspecified atom stereocenters. The van der Waals surface area contributed by atoms with E-state index in [0.717, 1.165) is 16.7 Å². The Kier molecular flexibility index (Phi) is 7.48. The molecule has 162 valence electrons. The number of nitrogens with zero attached hydrogens (tertiary/aromatic N) is 1. The molecule has 0 atom stereocenters. The van der Waals surface area contributed by atoms with Gasteiger partial charge >= 0.3 is 0 Å². The molecule has 3 rings (SSSR count). The summed E-state index contributed by atoms with van der Waals surface area (Å²) in [6.07, 6.45) is 1.51. The van der Waals surface area contributed by atoms with E-state index < -0.39 is 23.6 Å². The number of benzene rings is 2. The van der Waals surface area contributed by atoms with Crippen LogP contribution in [0.2, 0.25) is 10.0 Å². The second kappa shape index (κ2) is 10.1. The first kappa shape index (κ1) is 23.0. The third-order valence-electron chi connectivity index (χ3n) is 4.16. The first-order chi connectivity index (χ1) is 14.8. The SMILES string of the molecule is CCOc1c(Cl)cc(/C=C2/SC(=O)N(CC(=O)Nc3ccccc3Cl)C2=O)cc1OC. The zero-order valence-corrected chi connectivity index (χ0v) is 18.9. The van der Waals surface area contributed by atoms with E-state index in [1.54, 1.807) is 36.4 Å². The van der Waals surface area contributed by atoms with Crippen molar-refractivity contribution in [2.24, 2.45) is 0 Å². The monoisotopic (exact) mass is 480 g/mol. The average Bonchev–Trinajstić information content (AvgIpc) is 2.98. The molecule has 1 aliphatic rings. The summed E-state index contributed by atoms with van der Waals surface area (Å²) in [4.78, 5) is 38.4. The summed E-state index contributed by atoms with van der Waals surface area (Å²) in [5.74, 6) is -0.317. The van der Waals surface area contributed by atoms with E-state index in [9.17, 15) is 14.4 Å². The Morgan fingerprint density at radius 3 is 2.61 bits per heavy atom. The Hall–Kier alpha value is -2.68. The lowest BCUT2D eigenvalue weighted by atomic mass is 10.1. The number of ether oxygens (including phenoxy) is 2. The van der Waals surface area contributed by atoms with Crippen molar-refractivity contribution < 1.29 is 23.9 Å². The maximum atomic E-state index is 12.7. The number of hydrogen-bond acceptors (Lipinski definition) is 6. The minimum Gasteiger partial charge on any atom is -0.493 e. The van der Waals surface area contributed by atoms with Gasteiger partial charge in [-0.25, -0.2) is 0 Å². The number of thioether (sulfide) groups is 1. The topological polar surface area (TPSA) is 84.9 Å². The van der Waals surface area contributed by atoms with Crippen molar-refractivity contribution in [3.63, 3.8) is 0 Å². The predicted molar refractivity (Wildman–Crippen MR) is 122 cm³/mol. The summed E-state index contributed by atoms with van der Waals surface area (Å²) in [6.45, 7) is 1.80. The number of halogens is 2. The fourth-order valence-electron chi connectivity index (χ4n) is 2.79. The number of nitrogens with one attached hydrogen (secondary N) is 1. The lowest BCUT2D eigenvalue weighted by Gasteiger charge is -2.13. The van der Waals surface area contributed by atoms with E-state index in [-0.39, 0.29) is 4.91 Å². The fraction of sp³-hybridized carbons (Fsp3) is 0.190. The zero-order chi connectivity index (χ0) is 22.5. The Morgan fingerprint density at radius 2 is 1.94 bits per heavy atom. The van der Waals surface area contributed by atoms with Crippen molar-refractivity contribution >= 4 is 63.8 Å². The molecule has 1 aliphatic heterocycles. The van der Waals surface area contributed by atoms with E-state index in [0.29, 0.717) is 39.4 Å². The molecule has 0 spiro atoms. The molecular formula is C21H18Cl2N2O5S. The molecule has 1 saturated heterocycles. The summed E-state index contributed by atoms with van der Waals surface area (Å²) in [5, 5.41) is 2.71. The van der Waals surface area contributed by atoms with Crippen molar-refractivity contribution in [2.45, 2.75) is 6.92 Å². The largest absolute Gasteiger partial charge is 0.493 e. The van der Waals surface area contributed by atoms with Gasteiger partial charge in [-0.05, 0) is 54.6 Å². The third-order valence-corrected chi connectivity index (χ3v) is 5.68. The van der Waals surface area contributed by atoms with Crippen LogP contribution in [0.4, 0.5) is 10.5 Å². The molecule has 0 bridgehead atoms. The number of rotatable bonds is 7. The van der Waals surface area contributed by atoms with Crippen molar-refractivity contribution in [3.8, 4) is 11.5 Å². The van der Waals surface area contributed by atoms with Gasteiger partial charge in [0.15, 0.2) is 11.5 Å². The average molecular weight is 481 g/mol. The van der Waals surface area contributed by atoms with E-state index in [4.69, 9.17) is 32.7 Å². The summed E-state index contributed by atoms with van der Waals surface area (Å²) in [7, 11) is 1.48. The normalized spacial score (nSPS) is 14.8. The third kappa shape index (κ3) is 5.33. The molecular weight excluding hydrogens is 463 g/mol. The molecule has 7 nitrogen and oxygen atoms in total. The highest BCUT2D eigenvalue weighted by atomic mass is 35.5. The maximum Gasteiger partial charge on any atom is 0.294 e. The van der Waals surface area contributed by atoms with Gasteiger partial charge in [0.1, 0.15) is 6.54 Å². The Bertz CT molecular complexity index is 1070. The molecule has 3 amide bonds. The van der Waals surface area contributed by atoms with Crippen LogP contribution >= 0.6 is 35.0 Å². The van der Waals surface area contributed by atoms with Crippen LogP contribution in [0.25, 0.3) is 6.08 Å². The van der Waals surface area contributed by atoms with Gasteiger partial charge in [0, 0.05) is 0 Å². The van der Waals surface area contributed by atoms with Gasteiger partial charge in [0.2, 0.25) is 5.91 Å². The van der Waals surface area contributed by atoms with Gasteiger partial charge in [-0.1, -0.05) is 35.3 Å². The van der Waals surface area contributed by atoms with E-state index in [1.807, 2.05) is 6.92 Å². The van der Waals surface area contributed by atoms with Crippen LogP contribution in [-0.2, 0) is 9.59 Å². The summed E-state index contributed by atoms with van der Waals surface area (Å²) in [6, 6.07) is 9.93. The van der Waals surface area contributed by atoms with E-state index >= 15 is 0 Å². The van der Waals surface area contributed by atoms with Crippen molar-refractivity contribution in [1.82, 2.24) is 4.90 Å². The van der Waals surface area contributed by atoms with Crippen LogP contribution in [-0.4, -0.2) is 42.2 Å². The highest BCUT2D eigenvalue weighted by Crippen LogP contribution is 2.39. The Balaban J connectivity index is 1.77. The Labute approximate surface area is 193 Å². The first-order valence-electron chi connectivity index (χ1n) is 9.14. The van der Waals surface area contributed by atoms with Gasteiger partial charge in [-0.15, -0.1) is 0 Å². The van der Waals surface area contributed by atoms with Gasteiger partial charge in [-0.2, -0.15) is 0 Å². The summed E-state index contributed by atoms with van der Waals surface area (Å²) < 4.78 is 10.8. The molecule has 10 heteroatoms. The summed E-state index contributed by atoms with van der Waals surface area (Å²) in [5.41, 5.74) is 0.948. The van der Waals surface area contributed by atoms with Gasteiger partial charge in [-0.3, -0.25) is 19.3 Å². The number of anilines is 1. The lowest BCUT2D eigenvalue weighted by molar-refractivity contribution is -0.127. The second-order valence-electron chi connectivity index (χ2n) is 6.26. The number of imide groups is 1. The van der Waals surface area contributed by atoms with Crippen LogP contribution in [0.1, 0.15) is 12.5 Å². The lowest BCUT2D eigenvalue weighted by Crippen LogP contribution is -2.36. The number of para-hydroxylation sites is 1. The Morgan fingerprint density at radius 1 is 1.19 bits per heavy atom. The summed E-state index contributed by atoms with van der Waals surface area (Å²) >= 11 is 13.0. The van der Waals surface area contributed by atoms with Gasteiger partial charge in [0.05, 0.1) is 34.4 Å². The smallest absolute Gasteiger partial charge is 0.294 e. The second-order valence-corrected chi connectivity index (χ2v) is 8.07. The molecule has 1 heterocycles. The van der Waals surface area contributed by atoms with Crippen LogP contribution in [0.15, 0.2) is 41.3 Å². The van der Waals surface area contributed by atoms with Gasteiger partial charge in [0.25, 0.3) is 11.1 Å². The van der Waals surface area contributed by atoms with Crippen LogP contribution in [0.3, 0.4) is 0 Å². The van der Waals surface area contributed by atoms with Crippen LogP contribution in [0, 0.1) is 0 Å². The number of hydrogen-bond donors (Lipinski definition) is 1. The molecule has 0 aromatic heterocycles. The van der Waals surface area contributed by atoms with Crippen LogP contribution in [0.5, 0.6) is 11.5 Å². The molecule has 2 aromatic rings. The molecule has 0 aliphatic carbocycles.